The van der Waals surface area contributed by atoms with Crippen LogP contribution in [0.3, 0.4) is 0 Å². The normalized spacial score (nSPS) is 10.4. The summed E-state index contributed by atoms with van der Waals surface area (Å²) >= 11 is 3.27. The maximum atomic E-state index is 3.27. The Balaban J connectivity index is 2.30. The SMILES string of the molecule is [Se]P(c1ccccc1)c1ccccc1. The van der Waals surface area contributed by atoms with Crippen LogP contribution in [-0.4, -0.2) is 15.6 Å². The van der Waals surface area contributed by atoms with Crippen molar-refractivity contribution in [2.75, 3.05) is 0 Å². The van der Waals surface area contributed by atoms with Crippen molar-refractivity contribution in [2.24, 2.45) is 0 Å². The molecule has 0 N–H and O–H groups in total. The minimum absolute atomic E-state index is 0.296. The summed E-state index contributed by atoms with van der Waals surface area (Å²) in [6.45, 7) is -0.296. The van der Waals surface area contributed by atoms with Crippen molar-refractivity contribution in [3.05, 3.63) is 60.7 Å². The van der Waals surface area contributed by atoms with Crippen molar-refractivity contribution in [2.45, 2.75) is 0 Å². The molecule has 2 rings (SSSR count). The molecule has 0 aliphatic rings. The Bertz CT molecular complexity index is 346. The van der Waals surface area contributed by atoms with E-state index in [1.54, 1.807) is 0 Å². The first-order chi connectivity index (χ1) is 6.88. The molecule has 0 aliphatic carbocycles. The molecule has 0 fully saturated rings. The number of rotatable bonds is 2. The molecule has 0 unspecified atom stereocenters. The van der Waals surface area contributed by atoms with E-state index in [9.17, 15) is 0 Å². The van der Waals surface area contributed by atoms with Gasteiger partial charge in [-0.3, -0.25) is 0 Å². The van der Waals surface area contributed by atoms with Crippen LogP contribution in [-0.2, 0) is 0 Å². The Morgan fingerprint density at radius 2 is 1.00 bits per heavy atom. The molecular formula is C12H10PSe. The second-order valence-electron chi connectivity index (χ2n) is 2.97. The van der Waals surface area contributed by atoms with Gasteiger partial charge < -0.3 is 0 Å². The molecule has 0 spiro atoms. The van der Waals surface area contributed by atoms with Crippen LogP contribution in [0.4, 0.5) is 0 Å². The maximum absolute atomic E-state index is 3.27. The second-order valence-corrected chi connectivity index (χ2v) is 6.89. The summed E-state index contributed by atoms with van der Waals surface area (Å²) in [5, 5.41) is 2.77. The van der Waals surface area contributed by atoms with E-state index in [4.69, 9.17) is 0 Å². The molecule has 0 atom stereocenters. The van der Waals surface area contributed by atoms with Crippen LogP contribution < -0.4 is 10.6 Å². The third kappa shape index (κ3) is 2.25. The summed E-state index contributed by atoms with van der Waals surface area (Å²) in [4.78, 5) is 0. The van der Waals surface area contributed by atoms with E-state index in [0.29, 0.717) is 0 Å². The van der Waals surface area contributed by atoms with Crippen LogP contribution in [0.2, 0.25) is 0 Å². The summed E-state index contributed by atoms with van der Waals surface area (Å²) in [5.74, 6) is 0. The van der Waals surface area contributed by atoms with Crippen molar-refractivity contribution in [1.82, 2.24) is 0 Å². The third-order valence-electron chi connectivity index (χ3n) is 1.98. The Morgan fingerprint density at radius 3 is 1.36 bits per heavy atom. The molecule has 14 heavy (non-hydrogen) atoms. The Hall–Kier alpha value is -0.611. The molecule has 2 aromatic carbocycles. The van der Waals surface area contributed by atoms with E-state index >= 15 is 0 Å². The molecule has 0 heterocycles. The fraction of sp³-hybridized carbons (Fsp3) is 0. The van der Waals surface area contributed by atoms with Crippen LogP contribution in [0.25, 0.3) is 0 Å². The van der Waals surface area contributed by atoms with Gasteiger partial charge in [-0.25, -0.2) is 0 Å². The van der Waals surface area contributed by atoms with Crippen molar-refractivity contribution in [3.8, 4) is 0 Å². The van der Waals surface area contributed by atoms with Gasteiger partial charge >= 0.3 is 93.5 Å². The van der Waals surface area contributed by atoms with Crippen LogP contribution in [0.15, 0.2) is 60.7 Å². The Morgan fingerprint density at radius 1 is 0.643 bits per heavy atom. The zero-order chi connectivity index (χ0) is 9.80. The number of hydrogen-bond acceptors (Lipinski definition) is 0. The summed E-state index contributed by atoms with van der Waals surface area (Å²) in [6.07, 6.45) is 0. The zero-order valence-corrected chi connectivity index (χ0v) is 10.2. The van der Waals surface area contributed by atoms with Gasteiger partial charge in [0.1, 0.15) is 0 Å². The molecule has 2 heteroatoms. The van der Waals surface area contributed by atoms with E-state index in [1.807, 2.05) is 0 Å². The molecule has 0 bridgehead atoms. The Labute approximate surface area is 93.5 Å². The van der Waals surface area contributed by atoms with Crippen LogP contribution in [0.5, 0.6) is 0 Å². The zero-order valence-electron chi connectivity index (χ0n) is 7.63. The predicted octanol–water partition coefficient (Wildman–Crippen LogP) is 2.20. The molecule has 0 nitrogen and oxygen atoms in total. The minimum atomic E-state index is -0.296. The summed E-state index contributed by atoms with van der Waals surface area (Å²) in [7, 11) is 0. The van der Waals surface area contributed by atoms with Gasteiger partial charge in [-0.1, -0.05) is 0 Å². The molecule has 1 radical (unpaired) electrons. The van der Waals surface area contributed by atoms with Crippen LogP contribution in [0, 0.1) is 0 Å². The quantitative estimate of drug-likeness (QED) is 0.576. The van der Waals surface area contributed by atoms with Gasteiger partial charge in [0.15, 0.2) is 0 Å². The third-order valence-corrected chi connectivity index (χ3v) is 6.17. The van der Waals surface area contributed by atoms with E-state index in [1.165, 1.54) is 10.6 Å². The first kappa shape index (κ1) is 9.93. The molecule has 0 aliphatic heterocycles. The van der Waals surface area contributed by atoms with Gasteiger partial charge in [-0.15, -0.1) is 0 Å². The summed E-state index contributed by atoms with van der Waals surface area (Å²) in [5.41, 5.74) is 0. The van der Waals surface area contributed by atoms with Gasteiger partial charge in [0.25, 0.3) is 0 Å². The van der Waals surface area contributed by atoms with Gasteiger partial charge in [0, 0.05) is 0 Å². The van der Waals surface area contributed by atoms with Crippen molar-refractivity contribution in [3.63, 3.8) is 0 Å². The molecule has 0 saturated heterocycles. The van der Waals surface area contributed by atoms with Crippen LogP contribution in [0.1, 0.15) is 0 Å². The number of benzene rings is 2. The van der Waals surface area contributed by atoms with Crippen molar-refractivity contribution in [1.29, 1.82) is 0 Å². The second kappa shape index (κ2) is 4.75. The van der Waals surface area contributed by atoms with Gasteiger partial charge in [0.05, 0.1) is 0 Å². The summed E-state index contributed by atoms with van der Waals surface area (Å²) < 4.78 is 0. The van der Waals surface area contributed by atoms with E-state index < -0.39 is 0 Å². The fourth-order valence-electron chi connectivity index (χ4n) is 1.28. The molecule has 69 valence electrons. The average Bonchev–Trinajstić information content (AvgIpc) is 2.30. The van der Waals surface area contributed by atoms with E-state index in [-0.39, 0.29) is 6.61 Å². The molecule has 2 aromatic rings. The standard InChI is InChI=1S/C12H10PSe/c14-13(11-7-3-1-4-8-11)12-9-5-2-6-10-12/h1-10H. The molecular weight excluding hydrogens is 254 g/mol. The average molecular weight is 264 g/mol. The molecule has 0 aromatic heterocycles. The Kier molecular flexibility index (Phi) is 3.37. The predicted molar refractivity (Wildman–Crippen MR) is 64.8 cm³/mol. The van der Waals surface area contributed by atoms with E-state index in [0.717, 1.165) is 0 Å². The summed E-state index contributed by atoms with van der Waals surface area (Å²) in [6, 6.07) is 21.2. The molecule has 0 amide bonds. The van der Waals surface area contributed by atoms with Gasteiger partial charge in [0.2, 0.25) is 0 Å². The first-order valence-electron chi connectivity index (χ1n) is 4.45. The first-order valence-corrected chi connectivity index (χ1v) is 8.01. The van der Waals surface area contributed by atoms with Crippen LogP contribution >= 0.6 is 6.61 Å². The topological polar surface area (TPSA) is 0 Å². The van der Waals surface area contributed by atoms with Gasteiger partial charge in [-0.2, -0.15) is 0 Å². The van der Waals surface area contributed by atoms with Crippen molar-refractivity contribution >= 4 is 32.8 Å². The van der Waals surface area contributed by atoms with Gasteiger partial charge in [-0.05, 0) is 0 Å². The van der Waals surface area contributed by atoms with Crippen molar-refractivity contribution < 1.29 is 0 Å². The molecule has 0 saturated carbocycles. The fourth-order valence-corrected chi connectivity index (χ4v) is 3.99. The van der Waals surface area contributed by atoms with E-state index in [2.05, 4.69) is 76.2 Å². The monoisotopic (exact) mass is 265 g/mol. The number of hydrogen-bond donors (Lipinski definition) is 0.